The van der Waals surface area contributed by atoms with Crippen molar-refractivity contribution < 1.29 is 9.18 Å². The van der Waals surface area contributed by atoms with Crippen LogP contribution >= 0.6 is 23.8 Å². The first-order valence-electron chi connectivity index (χ1n) is 6.60. The van der Waals surface area contributed by atoms with E-state index in [0.29, 0.717) is 16.3 Å². The molecular weight excluding hydrogens is 337 g/mol. The van der Waals surface area contributed by atoms with Crippen molar-refractivity contribution in [1.82, 2.24) is 10.9 Å². The molecule has 0 atom stereocenters. The number of halogens is 2. The Morgan fingerprint density at radius 3 is 2.65 bits per heavy atom. The first-order valence-corrected chi connectivity index (χ1v) is 7.38. The minimum Gasteiger partial charge on any atom is -0.331 e. The van der Waals surface area contributed by atoms with Crippen LogP contribution in [0.25, 0.3) is 6.08 Å². The zero-order valence-corrected chi connectivity index (χ0v) is 13.4. The number of amides is 1. The molecule has 0 bridgehead atoms. The van der Waals surface area contributed by atoms with Crippen molar-refractivity contribution in [2.24, 2.45) is 0 Å². The molecule has 0 aliphatic heterocycles. The maximum absolute atomic E-state index is 13.4. The van der Waals surface area contributed by atoms with Gasteiger partial charge in [-0.2, -0.15) is 0 Å². The fourth-order valence-electron chi connectivity index (χ4n) is 1.66. The van der Waals surface area contributed by atoms with Crippen LogP contribution < -0.4 is 16.2 Å². The minimum absolute atomic E-state index is 0.194. The number of nitrogens with one attached hydrogen (secondary N) is 3. The predicted molar refractivity (Wildman–Crippen MR) is 94.4 cm³/mol. The molecule has 118 valence electrons. The molecule has 4 nitrogen and oxygen atoms in total. The van der Waals surface area contributed by atoms with E-state index in [2.05, 4.69) is 16.2 Å². The van der Waals surface area contributed by atoms with Crippen LogP contribution in [0.5, 0.6) is 0 Å². The monoisotopic (exact) mass is 349 g/mol. The zero-order chi connectivity index (χ0) is 16.7. The molecule has 0 fully saturated rings. The van der Waals surface area contributed by atoms with Gasteiger partial charge in [0.05, 0.1) is 0 Å². The van der Waals surface area contributed by atoms with E-state index in [1.54, 1.807) is 42.5 Å². The number of benzene rings is 2. The summed E-state index contributed by atoms with van der Waals surface area (Å²) in [5, 5.41) is 3.62. The summed E-state index contributed by atoms with van der Waals surface area (Å²) in [5.74, 6) is -0.869. The van der Waals surface area contributed by atoms with Gasteiger partial charge in [-0.05, 0) is 42.6 Å². The Labute approximate surface area is 143 Å². The molecule has 0 heterocycles. The van der Waals surface area contributed by atoms with Gasteiger partial charge in [-0.3, -0.25) is 15.6 Å². The average molecular weight is 350 g/mol. The molecule has 1 amide bonds. The van der Waals surface area contributed by atoms with Crippen LogP contribution in [0, 0.1) is 5.82 Å². The van der Waals surface area contributed by atoms with E-state index in [1.165, 1.54) is 18.2 Å². The third-order valence-electron chi connectivity index (χ3n) is 2.70. The number of carbonyl (C=O) groups is 1. The first kappa shape index (κ1) is 16.9. The summed E-state index contributed by atoms with van der Waals surface area (Å²) in [4.78, 5) is 11.6. The molecule has 2 aromatic carbocycles. The molecule has 2 rings (SSSR count). The maximum Gasteiger partial charge on any atom is 0.262 e. The fourth-order valence-corrected chi connectivity index (χ4v) is 2.02. The van der Waals surface area contributed by atoms with Gasteiger partial charge >= 0.3 is 0 Å². The third kappa shape index (κ3) is 5.69. The smallest absolute Gasteiger partial charge is 0.262 e. The molecule has 7 heteroatoms. The van der Waals surface area contributed by atoms with Crippen molar-refractivity contribution in [3.05, 3.63) is 71.0 Å². The highest BCUT2D eigenvalue weighted by Crippen LogP contribution is 2.14. The van der Waals surface area contributed by atoms with Crippen LogP contribution in [0.3, 0.4) is 0 Å². The maximum atomic E-state index is 13.4. The van der Waals surface area contributed by atoms with Crippen molar-refractivity contribution >= 4 is 46.6 Å². The quantitative estimate of drug-likeness (QED) is 0.451. The molecule has 23 heavy (non-hydrogen) atoms. The first-order chi connectivity index (χ1) is 11.0. The van der Waals surface area contributed by atoms with Crippen LogP contribution in [0.15, 0.2) is 54.6 Å². The Bertz CT molecular complexity index is 752. The molecular formula is C16H13ClFN3OS. The number of carbonyl (C=O) groups excluding carboxylic acids is 1. The van der Waals surface area contributed by atoms with Gasteiger partial charge in [0.15, 0.2) is 5.11 Å². The summed E-state index contributed by atoms with van der Waals surface area (Å²) >= 11 is 10.9. The summed E-state index contributed by atoms with van der Waals surface area (Å²) < 4.78 is 13.4. The summed E-state index contributed by atoms with van der Waals surface area (Å²) in [5.41, 5.74) is 5.91. The van der Waals surface area contributed by atoms with E-state index >= 15 is 0 Å². The second-order valence-electron chi connectivity index (χ2n) is 4.43. The van der Waals surface area contributed by atoms with Crippen molar-refractivity contribution in [2.45, 2.75) is 0 Å². The van der Waals surface area contributed by atoms with Gasteiger partial charge in [0.25, 0.3) is 5.91 Å². The lowest BCUT2D eigenvalue weighted by Gasteiger charge is -2.10. The van der Waals surface area contributed by atoms with Gasteiger partial charge in [-0.1, -0.05) is 35.9 Å². The van der Waals surface area contributed by atoms with E-state index in [9.17, 15) is 9.18 Å². The van der Waals surface area contributed by atoms with Crippen LogP contribution in [0.1, 0.15) is 5.56 Å². The Balaban J connectivity index is 1.82. The summed E-state index contributed by atoms with van der Waals surface area (Å²) in [6.45, 7) is 0. The molecule has 3 N–H and O–H groups in total. The number of hydrogen-bond donors (Lipinski definition) is 3. The van der Waals surface area contributed by atoms with Crippen LogP contribution in [0.4, 0.5) is 10.1 Å². The lowest BCUT2D eigenvalue weighted by Crippen LogP contribution is -2.43. The standard InChI is InChI=1S/C16H13ClFN3OS/c17-12-5-3-6-13(10-12)19-16(23)21-20-15(22)9-8-11-4-1-2-7-14(11)18/h1-10H,(H,20,22)(H2,19,21,23)/b9-8+. The van der Waals surface area contributed by atoms with E-state index in [4.69, 9.17) is 23.8 Å². The lowest BCUT2D eigenvalue weighted by molar-refractivity contribution is -0.116. The summed E-state index contributed by atoms with van der Waals surface area (Å²) in [7, 11) is 0. The fraction of sp³-hybridized carbons (Fsp3) is 0. The molecule has 0 saturated carbocycles. The van der Waals surface area contributed by atoms with Gasteiger partial charge < -0.3 is 5.32 Å². The van der Waals surface area contributed by atoms with Crippen molar-refractivity contribution in [3.8, 4) is 0 Å². The second-order valence-corrected chi connectivity index (χ2v) is 5.28. The van der Waals surface area contributed by atoms with Crippen molar-refractivity contribution in [1.29, 1.82) is 0 Å². The van der Waals surface area contributed by atoms with Crippen LogP contribution in [-0.4, -0.2) is 11.0 Å². The number of thiocarbonyl (C=S) groups is 1. The largest absolute Gasteiger partial charge is 0.331 e. The van der Waals surface area contributed by atoms with Crippen LogP contribution in [-0.2, 0) is 4.79 Å². The van der Waals surface area contributed by atoms with E-state index in [0.717, 1.165) is 0 Å². The Morgan fingerprint density at radius 2 is 1.91 bits per heavy atom. The Hall–Kier alpha value is -2.44. The molecule has 0 aliphatic rings. The second kappa shape index (κ2) is 8.26. The number of hydrazine groups is 1. The third-order valence-corrected chi connectivity index (χ3v) is 3.14. The SMILES string of the molecule is O=C(/C=C/c1ccccc1F)NNC(=S)Nc1cccc(Cl)c1. The van der Waals surface area contributed by atoms with Crippen molar-refractivity contribution in [3.63, 3.8) is 0 Å². The van der Waals surface area contributed by atoms with Crippen molar-refractivity contribution in [2.75, 3.05) is 5.32 Å². The van der Waals surface area contributed by atoms with Crippen LogP contribution in [0.2, 0.25) is 5.02 Å². The van der Waals surface area contributed by atoms with Gasteiger partial charge in [0, 0.05) is 22.3 Å². The zero-order valence-electron chi connectivity index (χ0n) is 11.8. The summed E-state index contributed by atoms with van der Waals surface area (Å²) in [6.07, 6.45) is 2.58. The normalized spacial score (nSPS) is 10.3. The number of hydrogen-bond acceptors (Lipinski definition) is 2. The molecule has 0 aliphatic carbocycles. The van der Waals surface area contributed by atoms with Gasteiger partial charge in [-0.25, -0.2) is 4.39 Å². The van der Waals surface area contributed by atoms with Gasteiger partial charge in [0.1, 0.15) is 5.82 Å². The van der Waals surface area contributed by atoms with Gasteiger partial charge in [-0.15, -0.1) is 0 Å². The van der Waals surface area contributed by atoms with E-state index < -0.39 is 11.7 Å². The highest BCUT2D eigenvalue weighted by molar-refractivity contribution is 7.80. The average Bonchev–Trinajstić information content (AvgIpc) is 2.52. The Morgan fingerprint density at radius 1 is 1.13 bits per heavy atom. The summed E-state index contributed by atoms with van der Waals surface area (Å²) in [6, 6.07) is 13.1. The number of anilines is 1. The molecule has 0 radical (unpaired) electrons. The lowest BCUT2D eigenvalue weighted by atomic mass is 10.2. The molecule has 0 aromatic heterocycles. The van der Waals surface area contributed by atoms with Gasteiger partial charge in [0.2, 0.25) is 0 Å². The molecule has 0 unspecified atom stereocenters. The molecule has 2 aromatic rings. The highest BCUT2D eigenvalue weighted by Gasteiger charge is 2.01. The highest BCUT2D eigenvalue weighted by atomic mass is 35.5. The van der Waals surface area contributed by atoms with E-state index in [-0.39, 0.29) is 5.11 Å². The van der Waals surface area contributed by atoms with E-state index in [1.807, 2.05) is 0 Å². The number of rotatable bonds is 3. The molecule has 0 saturated heterocycles. The topological polar surface area (TPSA) is 53.2 Å². The minimum atomic E-state index is -0.469. The molecule has 0 spiro atoms. The Kier molecular flexibility index (Phi) is 6.08. The predicted octanol–water partition coefficient (Wildman–Crippen LogP) is 3.51.